The average Bonchev–Trinajstić information content (AvgIpc) is 2.42. The third-order valence-corrected chi connectivity index (χ3v) is 4.74. The van der Waals surface area contributed by atoms with Crippen molar-refractivity contribution in [2.75, 3.05) is 12.8 Å². The van der Waals surface area contributed by atoms with Gasteiger partial charge in [-0.2, -0.15) is 4.72 Å². The van der Waals surface area contributed by atoms with E-state index in [0.717, 1.165) is 23.1 Å². The fourth-order valence-electron chi connectivity index (χ4n) is 2.02. The molecule has 1 aliphatic rings. The molecule has 1 aliphatic heterocycles. The number of nitrogens with two attached hydrogens (primary N) is 1. The van der Waals surface area contributed by atoms with Gasteiger partial charge in [0.2, 0.25) is 21.8 Å². The van der Waals surface area contributed by atoms with Crippen LogP contribution in [0.5, 0.6) is 0 Å². The van der Waals surface area contributed by atoms with Crippen LogP contribution in [0.4, 0.5) is 10.1 Å². The number of likely N-dealkylation sites (N-methyl/N-ethyl adjacent to an activating group) is 1. The molecule has 1 saturated heterocycles. The zero-order chi connectivity index (χ0) is 15.8. The summed E-state index contributed by atoms with van der Waals surface area (Å²) < 4.78 is 39.7. The molecule has 2 rings (SSSR count). The molecule has 1 fully saturated rings. The highest BCUT2D eigenvalue weighted by molar-refractivity contribution is 7.89. The standard InChI is InChI=1S/C12H14FN3O4S/c1-16-11(17)5-4-9(12(16)18)15-21(19,20)10-6-7(13)2-3-8(10)14/h2-3,6,9,15H,4-5,14H2,1H3. The quantitative estimate of drug-likeness (QED) is 0.594. The summed E-state index contributed by atoms with van der Waals surface area (Å²) in [7, 11) is -2.88. The number of nitrogens with one attached hydrogen (secondary N) is 1. The minimum Gasteiger partial charge on any atom is -0.398 e. The van der Waals surface area contributed by atoms with Crippen molar-refractivity contribution in [2.45, 2.75) is 23.8 Å². The smallest absolute Gasteiger partial charge is 0.247 e. The number of rotatable bonds is 3. The molecular weight excluding hydrogens is 301 g/mol. The number of halogens is 1. The summed E-state index contributed by atoms with van der Waals surface area (Å²) in [5.41, 5.74) is 5.40. The number of hydrogen-bond donors (Lipinski definition) is 2. The van der Waals surface area contributed by atoms with Crippen LogP contribution in [0.3, 0.4) is 0 Å². The fourth-order valence-corrected chi connectivity index (χ4v) is 3.38. The maximum Gasteiger partial charge on any atom is 0.247 e. The van der Waals surface area contributed by atoms with E-state index >= 15 is 0 Å². The zero-order valence-corrected chi connectivity index (χ0v) is 12.0. The van der Waals surface area contributed by atoms with E-state index in [2.05, 4.69) is 4.72 Å². The molecule has 7 nitrogen and oxygen atoms in total. The number of carbonyl (C=O) groups excluding carboxylic acids is 2. The van der Waals surface area contributed by atoms with Crippen molar-refractivity contribution in [1.29, 1.82) is 0 Å². The summed E-state index contributed by atoms with van der Waals surface area (Å²) in [5, 5.41) is 0. The monoisotopic (exact) mass is 315 g/mol. The Hall–Kier alpha value is -2.00. The number of likely N-dealkylation sites (tertiary alicyclic amines) is 1. The number of piperidine rings is 1. The van der Waals surface area contributed by atoms with Gasteiger partial charge in [-0.15, -0.1) is 0 Å². The number of carbonyl (C=O) groups is 2. The van der Waals surface area contributed by atoms with Gasteiger partial charge < -0.3 is 5.73 Å². The highest BCUT2D eigenvalue weighted by atomic mass is 32.2. The Morgan fingerprint density at radius 3 is 2.71 bits per heavy atom. The number of sulfonamides is 1. The van der Waals surface area contributed by atoms with Gasteiger partial charge in [-0.05, 0) is 24.6 Å². The van der Waals surface area contributed by atoms with E-state index in [-0.39, 0.29) is 24.4 Å². The molecule has 2 amide bonds. The predicted octanol–water partition coefficient (Wildman–Crippen LogP) is -0.166. The third kappa shape index (κ3) is 3.03. The Morgan fingerprint density at radius 2 is 2.05 bits per heavy atom. The van der Waals surface area contributed by atoms with Crippen molar-refractivity contribution >= 4 is 27.5 Å². The van der Waals surface area contributed by atoms with Gasteiger partial charge in [0.05, 0.1) is 5.69 Å². The first-order valence-electron chi connectivity index (χ1n) is 6.10. The van der Waals surface area contributed by atoms with Crippen molar-refractivity contribution in [1.82, 2.24) is 9.62 Å². The van der Waals surface area contributed by atoms with Crippen molar-refractivity contribution in [3.05, 3.63) is 24.0 Å². The maximum atomic E-state index is 13.2. The van der Waals surface area contributed by atoms with Gasteiger partial charge in [-0.3, -0.25) is 14.5 Å². The van der Waals surface area contributed by atoms with Crippen LogP contribution in [0.25, 0.3) is 0 Å². The van der Waals surface area contributed by atoms with Gasteiger partial charge in [-0.1, -0.05) is 0 Å². The number of anilines is 1. The molecular formula is C12H14FN3O4S. The van der Waals surface area contributed by atoms with Crippen LogP contribution >= 0.6 is 0 Å². The topological polar surface area (TPSA) is 110 Å². The summed E-state index contributed by atoms with van der Waals surface area (Å²) in [4.78, 5) is 23.6. The van der Waals surface area contributed by atoms with E-state index in [4.69, 9.17) is 5.73 Å². The fraction of sp³-hybridized carbons (Fsp3) is 0.333. The van der Waals surface area contributed by atoms with Gasteiger partial charge in [0.25, 0.3) is 0 Å². The number of hydrogen-bond acceptors (Lipinski definition) is 5. The molecule has 21 heavy (non-hydrogen) atoms. The molecule has 0 radical (unpaired) electrons. The Kier molecular flexibility index (Phi) is 3.97. The summed E-state index contributed by atoms with van der Waals surface area (Å²) in [6.45, 7) is 0. The van der Waals surface area contributed by atoms with Crippen LogP contribution in [0.1, 0.15) is 12.8 Å². The Labute approximate surface area is 121 Å². The lowest BCUT2D eigenvalue weighted by Gasteiger charge is -2.28. The highest BCUT2D eigenvalue weighted by Gasteiger charge is 2.35. The van der Waals surface area contributed by atoms with Crippen LogP contribution in [-0.2, 0) is 19.6 Å². The van der Waals surface area contributed by atoms with Gasteiger partial charge in [0, 0.05) is 13.5 Å². The Balaban J connectivity index is 2.28. The molecule has 0 bridgehead atoms. The minimum atomic E-state index is -4.16. The summed E-state index contributed by atoms with van der Waals surface area (Å²) in [6.07, 6.45) is 0.102. The van der Waals surface area contributed by atoms with Gasteiger partial charge in [0.1, 0.15) is 16.8 Å². The normalized spacial score (nSPS) is 19.9. The number of benzene rings is 1. The number of amides is 2. The second-order valence-corrected chi connectivity index (χ2v) is 6.37. The molecule has 0 saturated carbocycles. The molecule has 3 N–H and O–H groups in total. The second-order valence-electron chi connectivity index (χ2n) is 4.69. The summed E-state index contributed by atoms with van der Waals surface area (Å²) in [6, 6.07) is 1.87. The van der Waals surface area contributed by atoms with Gasteiger partial charge in [0.15, 0.2) is 0 Å². The Morgan fingerprint density at radius 1 is 1.38 bits per heavy atom. The zero-order valence-electron chi connectivity index (χ0n) is 11.2. The van der Waals surface area contributed by atoms with E-state index in [0.29, 0.717) is 0 Å². The number of imide groups is 1. The summed E-state index contributed by atoms with van der Waals surface area (Å²) in [5.74, 6) is -1.78. The molecule has 1 heterocycles. The SMILES string of the molecule is CN1C(=O)CCC(NS(=O)(=O)c2cc(F)ccc2N)C1=O. The van der Waals surface area contributed by atoms with Crippen LogP contribution in [-0.4, -0.2) is 38.2 Å². The second kappa shape index (κ2) is 5.41. The lowest BCUT2D eigenvalue weighted by Crippen LogP contribution is -2.52. The highest BCUT2D eigenvalue weighted by Crippen LogP contribution is 2.21. The van der Waals surface area contributed by atoms with Crippen molar-refractivity contribution < 1.29 is 22.4 Å². The summed E-state index contributed by atoms with van der Waals surface area (Å²) >= 11 is 0. The van der Waals surface area contributed by atoms with Gasteiger partial charge >= 0.3 is 0 Å². The van der Waals surface area contributed by atoms with Crippen LogP contribution in [0.15, 0.2) is 23.1 Å². The van der Waals surface area contributed by atoms with Crippen LogP contribution < -0.4 is 10.5 Å². The average molecular weight is 315 g/mol. The predicted molar refractivity (Wildman–Crippen MR) is 71.9 cm³/mol. The molecule has 0 spiro atoms. The molecule has 9 heteroatoms. The lowest BCUT2D eigenvalue weighted by molar-refractivity contribution is -0.147. The molecule has 1 aromatic carbocycles. The molecule has 0 aliphatic carbocycles. The van der Waals surface area contributed by atoms with Crippen LogP contribution in [0.2, 0.25) is 0 Å². The molecule has 0 aromatic heterocycles. The van der Waals surface area contributed by atoms with E-state index in [1.54, 1.807) is 0 Å². The molecule has 1 aromatic rings. The van der Waals surface area contributed by atoms with Crippen molar-refractivity contribution in [2.24, 2.45) is 0 Å². The Bertz CT molecular complexity index is 704. The third-order valence-electron chi connectivity index (χ3n) is 3.21. The van der Waals surface area contributed by atoms with Crippen molar-refractivity contribution in [3.63, 3.8) is 0 Å². The van der Waals surface area contributed by atoms with E-state index < -0.39 is 32.7 Å². The molecule has 1 unspecified atom stereocenters. The number of nitrogen functional groups attached to an aromatic ring is 1. The molecule has 114 valence electrons. The molecule has 1 atom stereocenters. The number of nitrogens with zero attached hydrogens (tertiary/aromatic N) is 1. The van der Waals surface area contributed by atoms with Crippen LogP contribution in [0, 0.1) is 5.82 Å². The lowest BCUT2D eigenvalue weighted by atomic mass is 10.1. The first-order valence-corrected chi connectivity index (χ1v) is 7.58. The largest absolute Gasteiger partial charge is 0.398 e. The van der Waals surface area contributed by atoms with E-state index in [9.17, 15) is 22.4 Å². The van der Waals surface area contributed by atoms with Crippen molar-refractivity contribution in [3.8, 4) is 0 Å². The van der Waals surface area contributed by atoms with E-state index in [1.165, 1.54) is 7.05 Å². The first kappa shape index (κ1) is 15.4. The van der Waals surface area contributed by atoms with Gasteiger partial charge in [-0.25, -0.2) is 12.8 Å². The minimum absolute atomic E-state index is 0.0497. The maximum absolute atomic E-state index is 13.2. The van der Waals surface area contributed by atoms with E-state index in [1.807, 2.05) is 0 Å². The first-order chi connectivity index (χ1) is 9.72.